The molecule has 3 heteroatoms. The van der Waals surface area contributed by atoms with Gasteiger partial charge in [0.15, 0.2) is 0 Å². The molecule has 0 aromatic rings. The summed E-state index contributed by atoms with van der Waals surface area (Å²) in [6.45, 7) is 11.3. The van der Waals surface area contributed by atoms with Gasteiger partial charge >= 0.3 is 5.97 Å². The fourth-order valence-electron chi connectivity index (χ4n) is 5.57. The van der Waals surface area contributed by atoms with Crippen molar-refractivity contribution in [3.05, 3.63) is 22.8 Å². The van der Waals surface area contributed by atoms with Crippen molar-refractivity contribution in [2.45, 2.75) is 84.3 Å². The number of fused-ring (bicyclic) bond motifs is 2. The molecule has 134 valence electrons. The van der Waals surface area contributed by atoms with Gasteiger partial charge in [0.05, 0.1) is 24.7 Å². The first-order chi connectivity index (χ1) is 11.2. The summed E-state index contributed by atoms with van der Waals surface area (Å²) in [6, 6.07) is 0. The molecule has 1 aliphatic heterocycles. The van der Waals surface area contributed by atoms with E-state index < -0.39 is 5.60 Å². The normalized spacial score (nSPS) is 42.1. The number of esters is 1. The van der Waals surface area contributed by atoms with Crippen LogP contribution in [0.15, 0.2) is 22.8 Å². The summed E-state index contributed by atoms with van der Waals surface area (Å²) >= 11 is 0. The fraction of sp³-hybridized carbons (Fsp3) is 0.762. The van der Waals surface area contributed by atoms with Crippen LogP contribution in [-0.2, 0) is 14.3 Å². The minimum atomic E-state index is -0.419. The molecule has 1 fully saturated rings. The summed E-state index contributed by atoms with van der Waals surface area (Å²) in [5.74, 6) is 0.375. The molecule has 0 aromatic carbocycles. The Labute approximate surface area is 146 Å². The van der Waals surface area contributed by atoms with E-state index in [1.807, 2.05) is 0 Å². The molecule has 0 N–H and O–H groups in total. The van der Waals surface area contributed by atoms with Gasteiger partial charge in [0.1, 0.15) is 0 Å². The van der Waals surface area contributed by atoms with Crippen LogP contribution in [0.25, 0.3) is 0 Å². The molecule has 4 atom stereocenters. The van der Waals surface area contributed by atoms with Crippen molar-refractivity contribution in [2.24, 2.45) is 11.3 Å². The van der Waals surface area contributed by atoms with Crippen LogP contribution in [0, 0.1) is 11.3 Å². The average Bonchev–Trinajstić information content (AvgIpc) is 2.88. The lowest BCUT2D eigenvalue weighted by molar-refractivity contribution is -0.171. The second-order valence-electron chi connectivity index (χ2n) is 8.69. The number of methoxy groups -OCH3 is 1. The Morgan fingerprint density at radius 2 is 1.96 bits per heavy atom. The summed E-state index contributed by atoms with van der Waals surface area (Å²) in [5, 5.41) is 0. The summed E-state index contributed by atoms with van der Waals surface area (Å²) < 4.78 is 11.7. The van der Waals surface area contributed by atoms with Crippen molar-refractivity contribution in [1.82, 2.24) is 0 Å². The Morgan fingerprint density at radius 3 is 2.62 bits per heavy atom. The predicted octanol–water partition coefficient (Wildman–Crippen LogP) is 4.96. The maximum Gasteiger partial charge on any atom is 0.308 e. The van der Waals surface area contributed by atoms with E-state index in [0.717, 1.165) is 25.7 Å². The highest BCUT2D eigenvalue weighted by atomic mass is 16.5. The lowest BCUT2D eigenvalue weighted by Gasteiger charge is -2.57. The molecule has 3 aliphatic rings. The van der Waals surface area contributed by atoms with Gasteiger partial charge in [-0.15, -0.1) is 0 Å². The predicted molar refractivity (Wildman–Crippen MR) is 95.7 cm³/mol. The smallest absolute Gasteiger partial charge is 0.308 e. The Balaban J connectivity index is 1.99. The average molecular weight is 332 g/mol. The molecular formula is C21H32O3. The third-order valence-corrected chi connectivity index (χ3v) is 7.38. The molecule has 1 spiro atoms. The largest absolute Gasteiger partial charge is 0.469 e. The molecule has 0 unspecified atom stereocenters. The maximum atomic E-state index is 11.9. The van der Waals surface area contributed by atoms with Gasteiger partial charge in [-0.05, 0) is 71.3 Å². The zero-order valence-electron chi connectivity index (χ0n) is 16.1. The van der Waals surface area contributed by atoms with E-state index in [0.29, 0.717) is 12.3 Å². The minimum Gasteiger partial charge on any atom is -0.469 e. The van der Waals surface area contributed by atoms with Gasteiger partial charge in [-0.1, -0.05) is 24.1 Å². The Kier molecular flexibility index (Phi) is 4.23. The van der Waals surface area contributed by atoms with Gasteiger partial charge < -0.3 is 9.47 Å². The van der Waals surface area contributed by atoms with E-state index in [2.05, 4.69) is 40.7 Å². The third-order valence-electron chi connectivity index (χ3n) is 7.38. The first-order valence-electron chi connectivity index (χ1n) is 9.28. The van der Waals surface area contributed by atoms with Gasteiger partial charge in [-0.25, -0.2) is 0 Å². The van der Waals surface area contributed by atoms with E-state index in [9.17, 15) is 4.79 Å². The molecular weight excluding hydrogens is 300 g/mol. The quantitative estimate of drug-likeness (QED) is 0.529. The molecule has 0 bridgehead atoms. The first kappa shape index (κ1) is 17.7. The molecule has 2 aliphatic carbocycles. The van der Waals surface area contributed by atoms with Gasteiger partial charge in [0.25, 0.3) is 0 Å². The number of ether oxygens (including phenoxy) is 2. The number of carbonyl (C=O) groups is 1. The first-order valence-corrected chi connectivity index (χ1v) is 9.28. The van der Waals surface area contributed by atoms with Crippen LogP contribution in [0.2, 0.25) is 0 Å². The number of hydrogen-bond acceptors (Lipinski definition) is 3. The highest BCUT2D eigenvalue weighted by molar-refractivity contribution is 5.70. The highest BCUT2D eigenvalue weighted by Crippen LogP contribution is 2.63. The standard InChI is InChI=1S/C21H32O3/c1-14-9-10-20(5)17(16(14)3)8-7-15(2)21(20)12-11-19(4,24-21)13-18(22)23-6/h7,17H,8-13H2,1-6H3/t17-,19-,20-,21+/m0/s1. The van der Waals surface area contributed by atoms with E-state index >= 15 is 0 Å². The fourth-order valence-corrected chi connectivity index (χ4v) is 5.57. The van der Waals surface area contributed by atoms with Crippen LogP contribution < -0.4 is 0 Å². The molecule has 1 saturated heterocycles. The highest BCUT2D eigenvalue weighted by Gasteiger charge is 2.62. The van der Waals surface area contributed by atoms with Gasteiger partial charge in [-0.2, -0.15) is 0 Å². The monoisotopic (exact) mass is 332 g/mol. The molecule has 1 heterocycles. The minimum absolute atomic E-state index is 0.114. The zero-order valence-corrected chi connectivity index (χ0v) is 16.1. The van der Waals surface area contributed by atoms with Crippen molar-refractivity contribution in [3.63, 3.8) is 0 Å². The van der Waals surface area contributed by atoms with Crippen molar-refractivity contribution < 1.29 is 14.3 Å². The van der Waals surface area contributed by atoms with Gasteiger partial charge in [0.2, 0.25) is 0 Å². The summed E-state index contributed by atoms with van der Waals surface area (Å²) in [5.41, 5.74) is 3.93. The molecule has 0 radical (unpaired) electrons. The SMILES string of the molecule is COC(=O)C[C@]1(C)CC[C@@]2(O1)C(C)=CC[C@H]1C(C)=C(C)CC[C@@]12C. The second-order valence-corrected chi connectivity index (χ2v) is 8.69. The summed E-state index contributed by atoms with van der Waals surface area (Å²) in [7, 11) is 1.46. The van der Waals surface area contributed by atoms with Crippen LogP contribution >= 0.6 is 0 Å². The molecule has 0 amide bonds. The zero-order chi connectivity index (χ0) is 17.8. The van der Waals surface area contributed by atoms with Crippen molar-refractivity contribution >= 4 is 5.97 Å². The molecule has 3 rings (SSSR count). The number of carbonyl (C=O) groups excluding carboxylic acids is 1. The number of rotatable bonds is 2. The Morgan fingerprint density at radius 1 is 1.25 bits per heavy atom. The van der Waals surface area contributed by atoms with E-state index in [-0.39, 0.29) is 17.0 Å². The van der Waals surface area contributed by atoms with Crippen LogP contribution in [0.3, 0.4) is 0 Å². The molecule has 0 saturated carbocycles. The Hall–Kier alpha value is -1.09. The van der Waals surface area contributed by atoms with E-state index in [1.165, 1.54) is 19.1 Å². The second kappa shape index (κ2) is 5.72. The molecule has 24 heavy (non-hydrogen) atoms. The summed E-state index contributed by atoms with van der Waals surface area (Å²) in [4.78, 5) is 11.9. The number of hydrogen-bond donors (Lipinski definition) is 0. The van der Waals surface area contributed by atoms with Crippen LogP contribution in [0.5, 0.6) is 0 Å². The van der Waals surface area contributed by atoms with Gasteiger partial charge in [0, 0.05) is 5.41 Å². The summed E-state index contributed by atoms with van der Waals surface area (Å²) in [6.07, 6.45) is 8.08. The van der Waals surface area contributed by atoms with Crippen LogP contribution in [0.4, 0.5) is 0 Å². The van der Waals surface area contributed by atoms with Gasteiger partial charge in [-0.3, -0.25) is 4.79 Å². The van der Waals surface area contributed by atoms with E-state index in [4.69, 9.17) is 9.47 Å². The topological polar surface area (TPSA) is 35.5 Å². The maximum absolute atomic E-state index is 11.9. The lowest BCUT2D eigenvalue weighted by Crippen LogP contribution is -2.56. The Bertz CT molecular complexity index is 617. The van der Waals surface area contributed by atoms with Crippen molar-refractivity contribution in [3.8, 4) is 0 Å². The van der Waals surface area contributed by atoms with Crippen molar-refractivity contribution in [1.29, 1.82) is 0 Å². The lowest BCUT2D eigenvalue weighted by atomic mass is 9.52. The van der Waals surface area contributed by atoms with Crippen molar-refractivity contribution in [2.75, 3.05) is 7.11 Å². The van der Waals surface area contributed by atoms with Crippen LogP contribution in [0.1, 0.15) is 73.1 Å². The van der Waals surface area contributed by atoms with E-state index in [1.54, 1.807) is 11.1 Å². The molecule has 3 nitrogen and oxygen atoms in total. The van der Waals surface area contributed by atoms with Crippen LogP contribution in [-0.4, -0.2) is 24.3 Å². The number of allylic oxidation sites excluding steroid dienone is 3. The molecule has 0 aromatic heterocycles. The third kappa shape index (κ3) is 2.39.